The van der Waals surface area contributed by atoms with Crippen LogP contribution in [0.3, 0.4) is 0 Å². The summed E-state index contributed by atoms with van der Waals surface area (Å²) >= 11 is 12.0. The number of amides is 2. The Morgan fingerprint density at radius 1 is 1.19 bits per heavy atom. The molecule has 0 fully saturated rings. The number of hydrogen-bond acceptors (Lipinski definition) is 2. The Bertz CT molecular complexity index is 969. The largest absolute Gasteiger partial charge is 0.394 e. The maximum atomic E-state index is 12.7. The molecule has 1 unspecified atom stereocenters. The van der Waals surface area contributed by atoms with Crippen LogP contribution < -0.4 is 5.32 Å². The summed E-state index contributed by atoms with van der Waals surface area (Å²) in [5.74, 6) is 0. The second kappa shape index (κ2) is 6.83. The molecular weight excluding hydrogens is 373 g/mol. The standard InChI is InChI=1S/C19H17Cl2N3O2/c20-11-1-4-13(5-2-11)22-19(26)24-8-7-14-15-9-12(21)3-6-16(15)23-18(14)17(24)10-25/h1-6,9,17,23,25H,7-8,10H2,(H,22,26). The summed E-state index contributed by atoms with van der Waals surface area (Å²) in [5.41, 5.74) is 3.59. The second-order valence-electron chi connectivity index (χ2n) is 6.29. The van der Waals surface area contributed by atoms with E-state index in [4.69, 9.17) is 23.2 Å². The van der Waals surface area contributed by atoms with E-state index in [0.717, 1.165) is 22.2 Å². The number of aromatic amines is 1. The highest BCUT2D eigenvalue weighted by molar-refractivity contribution is 6.31. The Morgan fingerprint density at radius 2 is 1.92 bits per heavy atom. The summed E-state index contributed by atoms with van der Waals surface area (Å²) in [5, 5.41) is 15.1. The Morgan fingerprint density at radius 3 is 2.65 bits per heavy atom. The van der Waals surface area contributed by atoms with Gasteiger partial charge in [0.1, 0.15) is 0 Å². The SMILES string of the molecule is O=C(Nc1ccc(Cl)cc1)N1CCc2c([nH]c3ccc(Cl)cc23)C1CO. The molecule has 0 bridgehead atoms. The Balaban J connectivity index is 1.64. The van der Waals surface area contributed by atoms with Crippen molar-refractivity contribution in [3.8, 4) is 0 Å². The highest BCUT2D eigenvalue weighted by Gasteiger charge is 2.33. The molecule has 3 aromatic rings. The number of benzene rings is 2. The summed E-state index contributed by atoms with van der Waals surface area (Å²) < 4.78 is 0. The number of nitrogens with one attached hydrogen (secondary N) is 2. The lowest BCUT2D eigenvalue weighted by molar-refractivity contribution is 0.133. The smallest absolute Gasteiger partial charge is 0.322 e. The molecule has 0 spiro atoms. The number of rotatable bonds is 2. The molecule has 2 heterocycles. The molecule has 1 aliphatic rings. The number of halogens is 2. The zero-order valence-electron chi connectivity index (χ0n) is 13.8. The van der Waals surface area contributed by atoms with Crippen LogP contribution in [0.25, 0.3) is 10.9 Å². The number of fused-ring (bicyclic) bond motifs is 3. The highest BCUT2D eigenvalue weighted by atomic mass is 35.5. The zero-order chi connectivity index (χ0) is 18.3. The van der Waals surface area contributed by atoms with Crippen LogP contribution in [-0.2, 0) is 6.42 Å². The van der Waals surface area contributed by atoms with Crippen LogP contribution in [0.5, 0.6) is 0 Å². The van der Waals surface area contributed by atoms with Gasteiger partial charge in [0.05, 0.1) is 12.6 Å². The van der Waals surface area contributed by atoms with Gasteiger partial charge in [-0.15, -0.1) is 0 Å². The first-order chi connectivity index (χ1) is 12.6. The minimum Gasteiger partial charge on any atom is -0.394 e. The van der Waals surface area contributed by atoms with Crippen LogP contribution in [0, 0.1) is 0 Å². The minimum atomic E-state index is -0.433. The van der Waals surface area contributed by atoms with Gasteiger partial charge in [0.15, 0.2) is 0 Å². The van der Waals surface area contributed by atoms with Crippen molar-refractivity contribution >= 4 is 45.8 Å². The molecule has 4 rings (SSSR count). The summed E-state index contributed by atoms with van der Waals surface area (Å²) in [6, 6.07) is 11.9. The zero-order valence-corrected chi connectivity index (χ0v) is 15.3. The first-order valence-electron chi connectivity index (χ1n) is 8.31. The van der Waals surface area contributed by atoms with Crippen LogP contribution in [0.15, 0.2) is 42.5 Å². The molecule has 5 nitrogen and oxygen atoms in total. The molecule has 1 aromatic heterocycles. The highest BCUT2D eigenvalue weighted by Crippen LogP contribution is 2.35. The van der Waals surface area contributed by atoms with Gasteiger partial charge in [0.25, 0.3) is 0 Å². The maximum Gasteiger partial charge on any atom is 0.322 e. The Hall–Kier alpha value is -2.21. The lowest BCUT2D eigenvalue weighted by atomic mass is 9.98. The molecular formula is C19H17Cl2N3O2. The van der Waals surface area contributed by atoms with Crippen molar-refractivity contribution < 1.29 is 9.90 Å². The average molecular weight is 390 g/mol. The molecule has 0 radical (unpaired) electrons. The number of aliphatic hydroxyl groups is 1. The lowest BCUT2D eigenvalue weighted by Gasteiger charge is -2.34. The Labute approximate surface area is 160 Å². The van der Waals surface area contributed by atoms with Crippen molar-refractivity contribution in [2.45, 2.75) is 12.5 Å². The predicted octanol–water partition coefficient (Wildman–Crippen LogP) is 4.60. The third-order valence-corrected chi connectivity index (χ3v) is 5.23. The van der Waals surface area contributed by atoms with E-state index in [0.29, 0.717) is 28.7 Å². The number of nitrogens with zero attached hydrogens (tertiary/aromatic N) is 1. The first-order valence-corrected chi connectivity index (χ1v) is 9.06. The van der Waals surface area contributed by atoms with Gasteiger partial charge in [-0.3, -0.25) is 0 Å². The predicted molar refractivity (Wildman–Crippen MR) is 104 cm³/mol. The summed E-state index contributed by atoms with van der Waals surface area (Å²) in [7, 11) is 0. The average Bonchev–Trinajstić information content (AvgIpc) is 3.00. The number of urea groups is 1. The number of carbonyl (C=O) groups is 1. The lowest BCUT2D eigenvalue weighted by Crippen LogP contribution is -2.43. The molecule has 0 saturated carbocycles. The molecule has 1 atom stereocenters. The summed E-state index contributed by atoms with van der Waals surface area (Å²) in [6.45, 7) is 0.346. The van der Waals surface area contributed by atoms with Gasteiger partial charge in [-0.1, -0.05) is 23.2 Å². The van der Waals surface area contributed by atoms with Gasteiger partial charge in [0, 0.05) is 38.9 Å². The molecule has 2 aromatic carbocycles. The van der Waals surface area contributed by atoms with Gasteiger partial charge >= 0.3 is 6.03 Å². The van der Waals surface area contributed by atoms with E-state index in [2.05, 4.69) is 10.3 Å². The number of aromatic nitrogens is 1. The minimum absolute atomic E-state index is 0.165. The fourth-order valence-corrected chi connectivity index (χ4v) is 3.80. The second-order valence-corrected chi connectivity index (χ2v) is 7.16. The van der Waals surface area contributed by atoms with E-state index < -0.39 is 6.04 Å². The van der Waals surface area contributed by atoms with Crippen LogP contribution in [-0.4, -0.2) is 34.2 Å². The van der Waals surface area contributed by atoms with Crippen LogP contribution >= 0.6 is 23.2 Å². The van der Waals surface area contributed by atoms with E-state index in [9.17, 15) is 9.90 Å². The topological polar surface area (TPSA) is 68.4 Å². The van der Waals surface area contributed by atoms with Crippen molar-refractivity contribution in [3.05, 3.63) is 63.8 Å². The van der Waals surface area contributed by atoms with Gasteiger partial charge in [-0.05, 0) is 54.4 Å². The fraction of sp³-hybridized carbons (Fsp3) is 0.211. The van der Waals surface area contributed by atoms with Gasteiger partial charge in [-0.25, -0.2) is 4.79 Å². The van der Waals surface area contributed by atoms with E-state index in [1.54, 1.807) is 29.2 Å². The van der Waals surface area contributed by atoms with Gasteiger partial charge < -0.3 is 20.3 Å². The molecule has 3 N–H and O–H groups in total. The third kappa shape index (κ3) is 3.03. The van der Waals surface area contributed by atoms with E-state index in [1.165, 1.54) is 0 Å². The van der Waals surface area contributed by atoms with E-state index in [-0.39, 0.29) is 12.6 Å². The summed E-state index contributed by atoms with van der Waals surface area (Å²) in [4.78, 5) is 17.7. The van der Waals surface area contributed by atoms with Crippen molar-refractivity contribution in [3.63, 3.8) is 0 Å². The van der Waals surface area contributed by atoms with E-state index in [1.807, 2.05) is 18.2 Å². The molecule has 1 aliphatic heterocycles. The fourth-order valence-electron chi connectivity index (χ4n) is 3.50. The van der Waals surface area contributed by atoms with Crippen LogP contribution in [0.2, 0.25) is 10.0 Å². The monoisotopic (exact) mass is 389 g/mol. The van der Waals surface area contributed by atoms with Crippen molar-refractivity contribution in [2.24, 2.45) is 0 Å². The number of aliphatic hydroxyl groups excluding tert-OH is 1. The number of H-pyrrole nitrogens is 1. The molecule has 134 valence electrons. The third-order valence-electron chi connectivity index (χ3n) is 4.74. The molecule has 26 heavy (non-hydrogen) atoms. The van der Waals surface area contributed by atoms with Crippen LogP contribution in [0.4, 0.5) is 10.5 Å². The molecule has 2 amide bonds. The number of hydrogen-bond donors (Lipinski definition) is 3. The number of carbonyl (C=O) groups excluding carboxylic acids is 1. The van der Waals surface area contributed by atoms with Crippen molar-refractivity contribution in [1.82, 2.24) is 9.88 Å². The summed E-state index contributed by atoms with van der Waals surface area (Å²) in [6.07, 6.45) is 0.695. The normalized spacial score (nSPS) is 16.6. The van der Waals surface area contributed by atoms with Crippen molar-refractivity contribution in [2.75, 3.05) is 18.5 Å². The maximum absolute atomic E-state index is 12.7. The van der Waals surface area contributed by atoms with E-state index >= 15 is 0 Å². The Kier molecular flexibility index (Phi) is 4.53. The molecule has 0 aliphatic carbocycles. The van der Waals surface area contributed by atoms with Crippen LogP contribution in [0.1, 0.15) is 17.3 Å². The molecule has 7 heteroatoms. The van der Waals surface area contributed by atoms with Gasteiger partial charge in [-0.2, -0.15) is 0 Å². The quantitative estimate of drug-likeness (QED) is 0.599. The van der Waals surface area contributed by atoms with Crippen molar-refractivity contribution in [1.29, 1.82) is 0 Å². The van der Waals surface area contributed by atoms with Gasteiger partial charge in [0.2, 0.25) is 0 Å². The molecule has 0 saturated heterocycles. The number of anilines is 1. The first kappa shape index (κ1) is 17.2.